The molecule has 1 unspecified atom stereocenters. The van der Waals surface area contributed by atoms with Crippen molar-refractivity contribution < 1.29 is 14.3 Å². The third kappa shape index (κ3) is 2.50. The Balaban J connectivity index is 2.77. The number of hydrogen-bond acceptors (Lipinski definition) is 3. The van der Waals surface area contributed by atoms with Crippen LogP contribution in [0.25, 0.3) is 0 Å². The summed E-state index contributed by atoms with van der Waals surface area (Å²) in [7, 11) is 1.53. The number of carboxylic acids is 1. The van der Waals surface area contributed by atoms with Crippen molar-refractivity contribution >= 4 is 5.97 Å². The molecule has 0 bridgehead atoms. The van der Waals surface area contributed by atoms with Gasteiger partial charge in [0.2, 0.25) is 0 Å². The average molecular weight is 198 g/mol. The van der Waals surface area contributed by atoms with Gasteiger partial charge in [-0.2, -0.15) is 0 Å². The van der Waals surface area contributed by atoms with Gasteiger partial charge in [-0.1, -0.05) is 0 Å². The average Bonchev–Trinajstić information content (AvgIpc) is 2.16. The molecular weight excluding hydrogens is 187 g/mol. The number of halogens is 1. The highest BCUT2D eigenvalue weighted by molar-refractivity contribution is 5.73. The van der Waals surface area contributed by atoms with Crippen molar-refractivity contribution in [3.63, 3.8) is 0 Å². The van der Waals surface area contributed by atoms with E-state index in [-0.39, 0.29) is 6.42 Å². The molecular formula is C9H11FN2O2. The fourth-order valence-electron chi connectivity index (χ4n) is 1.10. The summed E-state index contributed by atoms with van der Waals surface area (Å²) in [6, 6.07) is 0.703. The Morgan fingerprint density at radius 1 is 1.79 bits per heavy atom. The Bertz CT molecular complexity index is 330. The van der Waals surface area contributed by atoms with Gasteiger partial charge in [0.1, 0.15) is 11.9 Å². The molecule has 0 aliphatic heterocycles. The third-order valence-electron chi connectivity index (χ3n) is 1.93. The Morgan fingerprint density at radius 3 is 3.00 bits per heavy atom. The van der Waals surface area contributed by atoms with Crippen LogP contribution in [0, 0.1) is 5.82 Å². The van der Waals surface area contributed by atoms with E-state index in [0.29, 0.717) is 5.56 Å². The second-order valence-corrected chi connectivity index (χ2v) is 2.85. The van der Waals surface area contributed by atoms with Crippen LogP contribution in [0.4, 0.5) is 4.39 Å². The van der Waals surface area contributed by atoms with Gasteiger partial charge in [0.05, 0.1) is 6.20 Å². The highest BCUT2D eigenvalue weighted by Crippen LogP contribution is 2.07. The van der Waals surface area contributed by atoms with Crippen LogP contribution in [0.5, 0.6) is 0 Å². The van der Waals surface area contributed by atoms with Crippen LogP contribution in [0.15, 0.2) is 18.5 Å². The number of rotatable bonds is 4. The summed E-state index contributed by atoms with van der Waals surface area (Å²) >= 11 is 0. The number of carbonyl (C=O) groups is 1. The SMILES string of the molecule is CNC(Cc1ccncc1F)C(=O)O. The fraction of sp³-hybridized carbons (Fsp3) is 0.333. The van der Waals surface area contributed by atoms with E-state index in [2.05, 4.69) is 10.3 Å². The molecule has 0 saturated carbocycles. The molecule has 0 aliphatic rings. The number of aliphatic carboxylic acids is 1. The van der Waals surface area contributed by atoms with E-state index in [0.717, 1.165) is 6.20 Å². The first-order valence-electron chi connectivity index (χ1n) is 4.13. The van der Waals surface area contributed by atoms with E-state index in [1.807, 2.05) is 0 Å². The van der Waals surface area contributed by atoms with Crippen molar-refractivity contribution in [2.45, 2.75) is 12.5 Å². The zero-order chi connectivity index (χ0) is 10.6. The third-order valence-corrected chi connectivity index (χ3v) is 1.93. The standard InChI is InChI=1S/C9H11FN2O2/c1-11-8(9(13)14)4-6-2-3-12-5-7(6)10/h2-3,5,8,11H,4H2,1H3,(H,13,14). The normalized spacial score (nSPS) is 12.4. The van der Waals surface area contributed by atoms with Crippen molar-refractivity contribution in [2.75, 3.05) is 7.05 Å². The summed E-state index contributed by atoms with van der Waals surface area (Å²) in [5.41, 5.74) is 0.349. The second kappa shape index (κ2) is 4.66. The Morgan fingerprint density at radius 2 is 2.50 bits per heavy atom. The lowest BCUT2D eigenvalue weighted by molar-refractivity contribution is -0.139. The van der Waals surface area contributed by atoms with E-state index < -0.39 is 17.8 Å². The molecule has 0 radical (unpaired) electrons. The lowest BCUT2D eigenvalue weighted by atomic mass is 10.1. The minimum absolute atomic E-state index is 0.111. The maximum Gasteiger partial charge on any atom is 0.321 e. The van der Waals surface area contributed by atoms with Crippen molar-refractivity contribution in [1.82, 2.24) is 10.3 Å². The summed E-state index contributed by atoms with van der Waals surface area (Å²) < 4.78 is 13.1. The monoisotopic (exact) mass is 198 g/mol. The first-order chi connectivity index (χ1) is 6.65. The van der Waals surface area contributed by atoms with Gasteiger partial charge < -0.3 is 10.4 Å². The molecule has 0 amide bonds. The predicted molar refractivity (Wildman–Crippen MR) is 48.4 cm³/mol. The Labute approximate surface area is 80.8 Å². The van der Waals surface area contributed by atoms with E-state index in [1.54, 1.807) is 0 Å². The molecule has 2 N–H and O–H groups in total. The smallest absolute Gasteiger partial charge is 0.321 e. The van der Waals surface area contributed by atoms with Crippen LogP contribution in [0.1, 0.15) is 5.56 Å². The molecule has 0 aliphatic carbocycles. The van der Waals surface area contributed by atoms with E-state index in [1.165, 1.54) is 19.3 Å². The highest BCUT2D eigenvalue weighted by atomic mass is 19.1. The molecule has 1 rings (SSSR count). The number of pyridine rings is 1. The largest absolute Gasteiger partial charge is 0.480 e. The first kappa shape index (κ1) is 10.6. The zero-order valence-electron chi connectivity index (χ0n) is 7.70. The van der Waals surface area contributed by atoms with Crippen LogP contribution >= 0.6 is 0 Å². The summed E-state index contributed by atoms with van der Waals surface area (Å²) in [5, 5.41) is 11.3. The number of nitrogens with one attached hydrogen (secondary N) is 1. The fourth-order valence-corrected chi connectivity index (χ4v) is 1.10. The van der Waals surface area contributed by atoms with Crippen molar-refractivity contribution in [1.29, 1.82) is 0 Å². The van der Waals surface area contributed by atoms with Crippen LogP contribution in [0.2, 0.25) is 0 Å². The molecule has 76 valence electrons. The molecule has 0 aromatic carbocycles. The van der Waals surface area contributed by atoms with Crippen molar-refractivity contribution in [3.05, 3.63) is 29.8 Å². The topological polar surface area (TPSA) is 62.2 Å². The van der Waals surface area contributed by atoms with Gasteiger partial charge >= 0.3 is 5.97 Å². The van der Waals surface area contributed by atoms with Gasteiger partial charge in [0, 0.05) is 12.6 Å². The molecule has 0 fully saturated rings. The maximum absolute atomic E-state index is 13.1. The molecule has 0 spiro atoms. The maximum atomic E-state index is 13.1. The number of aromatic nitrogens is 1. The van der Waals surface area contributed by atoms with E-state index >= 15 is 0 Å². The Kier molecular flexibility index (Phi) is 3.53. The number of carboxylic acid groups (broad SMARTS) is 1. The molecule has 5 heteroatoms. The number of nitrogens with zero attached hydrogens (tertiary/aromatic N) is 1. The van der Waals surface area contributed by atoms with Gasteiger partial charge in [0.25, 0.3) is 0 Å². The van der Waals surface area contributed by atoms with Crippen LogP contribution in [-0.4, -0.2) is 29.1 Å². The van der Waals surface area contributed by atoms with Gasteiger partial charge in [-0.05, 0) is 18.7 Å². The quantitative estimate of drug-likeness (QED) is 0.736. The molecule has 1 aromatic heterocycles. The minimum atomic E-state index is -0.997. The van der Waals surface area contributed by atoms with Gasteiger partial charge in [-0.15, -0.1) is 0 Å². The first-order valence-corrected chi connectivity index (χ1v) is 4.13. The van der Waals surface area contributed by atoms with Crippen LogP contribution < -0.4 is 5.32 Å². The molecule has 4 nitrogen and oxygen atoms in total. The lowest BCUT2D eigenvalue weighted by Crippen LogP contribution is -2.36. The number of hydrogen-bond donors (Lipinski definition) is 2. The van der Waals surface area contributed by atoms with E-state index in [9.17, 15) is 9.18 Å². The summed E-state index contributed by atoms with van der Waals surface area (Å²) in [4.78, 5) is 14.2. The van der Waals surface area contributed by atoms with Crippen LogP contribution in [0.3, 0.4) is 0 Å². The second-order valence-electron chi connectivity index (χ2n) is 2.85. The highest BCUT2D eigenvalue weighted by Gasteiger charge is 2.16. The molecule has 1 aromatic rings. The molecule has 0 saturated heterocycles. The van der Waals surface area contributed by atoms with Gasteiger partial charge in [0.15, 0.2) is 0 Å². The molecule has 14 heavy (non-hydrogen) atoms. The van der Waals surface area contributed by atoms with Gasteiger partial charge in [-0.25, -0.2) is 4.39 Å². The number of likely N-dealkylation sites (N-methyl/N-ethyl adjacent to an activating group) is 1. The predicted octanol–water partition coefficient (Wildman–Crippen LogP) is 0.436. The minimum Gasteiger partial charge on any atom is -0.480 e. The lowest BCUT2D eigenvalue weighted by Gasteiger charge is -2.10. The summed E-state index contributed by atoms with van der Waals surface area (Å²) in [6.45, 7) is 0. The zero-order valence-corrected chi connectivity index (χ0v) is 7.70. The Hall–Kier alpha value is -1.49. The van der Waals surface area contributed by atoms with Crippen LogP contribution in [-0.2, 0) is 11.2 Å². The van der Waals surface area contributed by atoms with Crippen molar-refractivity contribution in [3.8, 4) is 0 Å². The van der Waals surface area contributed by atoms with Gasteiger partial charge in [-0.3, -0.25) is 9.78 Å². The van der Waals surface area contributed by atoms with E-state index in [4.69, 9.17) is 5.11 Å². The summed E-state index contributed by atoms with van der Waals surface area (Å²) in [6.07, 6.45) is 2.62. The molecule has 1 heterocycles. The summed E-state index contributed by atoms with van der Waals surface area (Å²) in [5.74, 6) is -1.47. The molecule has 1 atom stereocenters. The van der Waals surface area contributed by atoms with Crippen molar-refractivity contribution in [2.24, 2.45) is 0 Å².